The lowest BCUT2D eigenvalue weighted by Gasteiger charge is -2.34. The third-order valence-corrected chi connectivity index (χ3v) is 5.09. The van der Waals surface area contributed by atoms with Crippen LogP contribution in [0.3, 0.4) is 0 Å². The first-order valence-electron chi connectivity index (χ1n) is 7.72. The summed E-state index contributed by atoms with van der Waals surface area (Å²) in [7, 11) is 0. The zero-order valence-corrected chi connectivity index (χ0v) is 13.7. The summed E-state index contributed by atoms with van der Waals surface area (Å²) in [6.45, 7) is 0.573. The Bertz CT molecular complexity index is 908. The third kappa shape index (κ3) is 2.64. The first kappa shape index (κ1) is 15.1. The molecule has 0 bridgehead atoms. The molecule has 2 N–H and O–H groups in total. The van der Waals surface area contributed by atoms with Crippen LogP contribution < -0.4 is 10.1 Å². The molecule has 4 rings (SSSR count). The SMILES string of the molecule is O=C(NCC1(O)CCOc2ccccc21)c1ccc2ncsc2c1. The summed E-state index contributed by atoms with van der Waals surface area (Å²) < 4.78 is 6.54. The molecule has 1 amide bonds. The van der Waals surface area contributed by atoms with E-state index in [2.05, 4.69) is 10.3 Å². The van der Waals surface area contributed by atoms with Crippen molar-refractivity contribution in [1.82, 2.24) is 10.3 Å². The second-order valence-electron chi connectivity index (χ2n) is 5.84. The van der Waals surface area contributed by atoms with Crippen LogP contribution in [0.2, 0.25) is 0 Å². The van der Waals surface area contributed by atoms with Crippen molar-refractivity contribution < 1.29 is 14.6 Å². The summed E-state index contributed by atoms with van der Waals surface area (Å²) >= 11 is 1.50. The number of benzene rings is 2. The molecular formula is C18H16N2O3S. The van der Waals surface area contributed by atoms with Gasteiger partial charge in [-0.05, 0) is 24.3 Å². The van der Waals surface area contributed by atoms with Crippen LogP contribution in [-0.2, 0) is 5.60 Å². The number of amides is 1. The van der Waals surface area contributed by atoms with Gasteiger partial charge in [-0.2, -0.15) is 0 Å². The number of ether oxygens (including phenoxy) is 1. The van der Waals surface area contributed by atoms with E-state index >= 15 is 0 Å². The van der Waals surface area contributed by atoms with E-state index < -0.39 is 5.60 Å². The molecule has 0 fully saturated rings. The van der Waals surface area contributed by atoms with Crippen molar-refractivity contribution in [3.63, 3.8) is 0 Å². The topological polar surface area (TPSA) is 71.5 Å². The van der Waals surface area contributed by atoms with E-state index in [-0.39, 0.29) is 12.5 Å². The molecule has 1 unspecified atom stereocenters. The van der Waals surface area contributed by atoms with Gasteiger partial charge in [-0.25, -0.2) is 4.98 Å². The number of hydrogen-bond donors (Lipinski definition) is 2. The molecule has 0 spiro atoms. The summed E-state index contributed by atoms with van der Waals surface area (Å²) in [5.41, 5.74) is 2.81. The first-order valence-corrected chi connectivity index (χ1v) is 8.60. The van der Waals surface area contributed by atoms with Crippen LogP contribution in [0.4, 0.5) is 0 Å². The number of nitrogens with zero attached hydrogens (tertiary/aromatic N) is 1. The zero-order chi connectivity index (χ0) is 16.6. The molecule has 1 aliphatic heterocycles. The van der Waals surface area contributed by atoms with Crippen molar-refractivity contribution in [3.8, 4) is 5.75 Å². The van der Waals surface area contributed by atoms with Gasteiger partial charge in [-0.15, -0.1) is 11.3 Å². The van der Waals surface area contributed by atoms with Gasteiger partial charge in [0.15, 0.2) is 0 Å². The molecule has 0 radical (unpaired) electrons. The maximum absolute atomic E-state index is 12.4. The molecule has 1 aliphatic rings. The zero-order valence-electron chi connectivity index (χ0n) is 12.9. The van der Waals surface area contributed by atoms with E-state index in [1.807, 2.05) is 36.4 Å². The molecule has 6 heteroatoms. The van der Waals surface area contributed by atoms with E-state index in [4.69, 9.17) is 4.74 Å². The van der Waals surface area contributed by atoms with Crippen molar-refractivity contribution in [2.75, 3.05) is 13.2 Å². The number of hydrogen-bond acceptors (Lipinski definition) is 5. The summed E-state index contributed by atoms with van der Waals surface area (Å²) in [4.78, 5) is 16.6. The maximum atomic E-state index is 12.4. The van der Waals surface area contributed by atoms with E-state index in [0.29, 0.717) is 24.3 Å². The fourth-order valence-electron chi connectivity index (χ4n) is 2.95. The molecule has 2 heterocycles. The van der Waals surface area contributed by atoms with Gasteiger partial charge in [0.1, 0.15) is 11.4 Å². The van der Waals surface area contributed by atoms with Crippen LogP contribution in [0, 0.1) is 0 Å². The molecule has 122 valence electrons. The van der Waals surface area contributed by atoms with E-state index in [9.17, 15) is 9.90 Å². The van der Waals surface area contributed by atoms with Gasteiger partial charge < -0.3 is 15.2 Å². The predicted molar refractivity (Wildman–Crippen MR) is 92.4 cm³/mol. The predicted octanol–water partition coefficient (Wildman–Crippen LogP) is 2.70. The highest BCUT2D eigenvalue weighted by Crippen LogP contribution is 2.36. The lowest BCUT2D eigenvalue weighted by molar-refractivity contribution is -0.00160. The van der Waals surface area contributed by atoms with Crippen molar-refractivity contribution in [3.05, 3.63) is 59.1 Å². The van der Waals surface area contributed by atoms with Crippen LogP contribution >= 0.6 is 11.3 Å². The number of fused-ring (bicyclic) bond motifs is 2. The summed E-state index contributed by atoms with van der Waals surface area (Å²) in [6.07, 6.45) is 0.443. The molecular weight excluding hydrogens is 324 g/mol. The molecule has 3 aromatic rings. The molecule has 2 aromatic carbocycles. The Labute approximate surface area is 142 Å². The van der Waals surface area contributed by atoms with Crippen LogP contribution in [0.15, 0.2) is 48.0 Å². The summed E-state index contributed by atoms with van der Waals surface area (Å²) in [6, 6.07) is 12.8. The number of carbonyl (C=O) groups excluding carboxylic acids is 1. The largest absolute Gasteiger partial charge is 0.493 e. The highest BCUT2D eigenvalue weighted by Gasteiger charge is 2.35. The van der Waals surface area contributed by atoms with Crippen molar-refractivity contribution >= 4 is 27.5 Å². The average molecular weight is 340 g/mol. The Balaban J connectivity index is 1.53. The highest BCUT2D eigenvalue weighted by molar-refractivity contribution is 7.16. The standard InChI is InChI=1S/C18H16N2O3S/c21-17(12-5-6-14-16(9-12)24-11-20-14)19-10-18(22)7-8-23-15-4-2-1-3-13(15)18/h1-6,9,11,22H,7-8,10H2,(H,19,21). The lowest BCUT2D eigenvalue weighted by Crippen LogP contribution is -2.43. The van der Waals surface area contributed by atoms with Gasteiger partial charge in [0.25, 0.3) is 5.91 Å². The van der Waals surface area contributed by atoms with Gasteiger partial charge in [-0.1, -0.05) is 18.2 Å². The molecule has 1 atom stereocenters. The number of thiazole rings is 1. The van der Waals surface area contributed by atoms with Gasteiger partial charge in [0.2, 0.25) is 0 Å². The molecule has 5 nitrogen and oxygen atoms in total. The molecule has 0 saturated heterocycles. The normalized spacial score (nSPS) is 19.5. The Morgan fingerprint density at radius 2 is 2.21 bits per heavy atom. The Kier molecular flexibility index (Phi) is 3.70. The molecule has 0 saturated carbocycles. The fraction of sp³-hybridized carbons (Fsp3) is 0.222. The van der Waals surface area contributed by atoms with Crippen molar-refractivity contribution in [2.24, 2.45) is 0 Å². The summed E-state index contributed by atoms with van der Waals surface area (Å²) in [5, 5.41) is 13.8. The van der Waals surface area contributed by atoms with E-state index in [1.165, 1.54) is 11.3 Å². The minimum atomic E-state index is -1.11. The van der Waals surface area contributed by atoms with Gasteiger partial charge >= 0.3 is 0 Å². The number of nitrogens with one attached hydrogen (secondary N) is 1. The van der Waals surface area contributed by atoms with Crippen LogP contribution in [0.25, 0.3) is 10.2 Å². The monoisotopic (exact) mass is 340 g/mol. The minimum Gasteiger partial charge on any atom is -0.493 e. The van der Waals surface area contributed by atoms with Crippen LogP contribution in [0.1, 0.15) is 22.3 Å². The fourth-order valence-corrected chi connectivity index (χ4v) is 3.67. The quantitative estimate of drug-likeness (QED) is 0.769. The van der Waals surface area contributed by atoms with Crippen LogP contribution in [0.5, 0.6) is 5.75 Å². The molecule has 0 aliphatic carbocycles. The van der Waals surface area contributed by atoms with E-state index in [0.717, 1.165) is 15.8 Å². The second-order valence-corrected chi connectivity index (χ2v) is 6.73. The molecule has 1 aromatic heterocycles. The van der Waals surface area contributed by atoms with Crippen molar-refractivity contribution in [1.29, 1.82) is 0 Å². The van der Waals surface area contributed by atoms with Crippen molar-refractivity contribution in [2.45, 2.75) is 12.0 Å². The van der Waals surface area contributed by atoms with Crippen LogP contribution in [-0.4, -0.2) is 29.1 Å². The summed E-state index contributed by atoms with van der Waals surface area (Å²) in [5.74, 6) is 0.467. The Morgan fingerprint density at radius 1 is 1.33 bits per heavy atom. The molecule has 24 heavy (non-hydrogen) atoms. The number of carbonyl (C=O) groups is 1. The first-order chi connectivity index (χ1) is 11.7. The van der Waals surface area contributed by atoms with Gasteiger partial charge in [0.05, 0.1) is 28.9 Å². The highest BCUT2D eigenvalue weighted by atomic mass is 32.1. The Morgan fingerprint density at radius 3 is 3.12 bits per heavy atom. The number of para-hydroxylation sites is 1. The average Bonchev–Trinajstić information content (AvgIpc) is 3.08. The number of rotatable bonds is 3. The Hall–Kier alpha value is -2.44. The van der Waals surface area contributed by atoms with Gasteiger partial charge in [-0.3, -0.25) is 4.79 Å². The third-order valence-electron chi connectivity index (χ3n) is 4.30. The van der Waals surface area contributed by atoms with E-state index in [1.54, 1.807) is 11.6 Å². The number of aromatic nitrogens is 1. The van der Waals surface area contributed by atoms with Gasteiger partial charge in [0, 0.05) is 17.5 Å². The minimum absolute atomic E-state index is 0.146. The number of aliphatic hydroxyl groups is 1. The second kappa shape index (κ2) is 5.89. The smallest absolute Gasteiger partial charge is 0.251 e. The lowest BCUT2D eigenvalue weighted by atomic mass is 9.88. The maximum Gasteiger partial charge on any atom is 0.251 e.